The third-order valence-corrected chi connectivity index (χ3v) is 5.34. The predicted octanol–water partition coefficient (Wildman–Crippen LogP) is 4.55. The SMILES string of the molecule is COc1ccc2nc(N(CCN(C)C)C(=O)c3cc(C)cc(C)c3)sc2c1.Cl. The highest BCUT2D eigenvalue weighted by atomic mass is 35.5. The van der Waals surface area contributed by atoms with Crippen LogP contribution in [0.15, 0.2) is 36.4 Å². The molecule has 2 aromatic carbocycles. The Morgan fingerprint density at radius 1 is 1.07 bits per heavy atom. The van der Waals surface area contributed by atoms with E-state index in [1.54, 1.807) is 12.0 Å². The highest BCUT2D eigenvalue weighted by Gasteiger charge is 2.22. The number of amides is 1. The lowest BCUT2D eigenvalue weighted by Gasteiger charge is -2.22. The summed E-state index contributed by atoms with van der Waals surface area (Å²) in [5.74, 6) is 0.771. The van der Waals surface area contributed by atoms with Crippen LogP contribution < -0.4 is 9.64 Å². The summed E-state index contributed by atoms with van der Waals surface area (Å²) in [4.78, 5) is 21.9. The van der Waals surface area contributed by atoms with Crippen LogP contribution in [0.1, 0.15) is 21.5 Å². The lowest BCUT2D eigenvalue weighted by Crippen LogP contribution is -2.36. The maximum absolute atomic E-state index is 13.3. The quantitative estimate of drug-likeness (QED) is 0.587. The fraction of sp³-hybridized carbons (Fsp3) is 0.333. The van der Waals surface area contributed by atoms with Gasteiger partial charge in [-0.05, 0) is 58.3 Å². The van der Waals surface area contributed by atoms with E-state index >= 15 is 0 Å². The van der Waals surface area contributed by atoms with E-state index in [9.17, 15) is 4.79 Å². The molecule has 3 rings (SSSR count). The van der Waals surface area contributed by atoms with Crippen LogP contribution in [0.4, 0.5) is 5.13 Å². The summed E-state index contributed by atoms with van der Waals surface area (Å²) in [6, 6.07) is 11.7. The van der Waals surface area contributed by atoms with Crippen LogP contribution in [-0.2, 0) is 0 Å². The van der Waals surface area contributed by atoms with Gasteiger partial charge in [0, 0.05) is 18.7 Å². The van der Waals surface area contributed by atoms with E-state index in [4.69, 9.17) is 9.72 Å². The highest BCUT2D eigenvalue weighted by Crippen LogP contribution is 2.32. The molecule has 1 heterocycles. The number of ether oxygens (including phenoxy) is 1. The molecule has 0 aliphatic carbocycles. The molecule has 0 fully saturated rings. The number of anilines is 1. The van der Waals surface area contributed by atoms with Crippen molar-refractivity contribution in [3.63, 3.8) is 0 Å². The average molecular weight is 420 g/mol. The molecule has 0 unspecified atom stereocenters. The van der Waals surface area contributed by atoms with Crippen molar-refractivity contribution in [2.75, 3.05) is 39.2 Å². The summed E-state index contributed by atoms with van der Waals surface area (Å²) in [7, 11) is 5.65. The molecule has 0 radical (unpaired) electrons. The minimum atomic E-state index is -0.0188. The van der Waals surface area contributed by atoms with Gasteiger partial charge in [-0.2, -0.15) is 0 Å². The molecule has 5 nitrogen and oxygen atoms in total. The van der Waals surface area contributed by atoms with Crippen LogP contribution in [0.5, 0.6) is 5.75 Å². The van der Waals surface area contributed by atoms with Crippen LogP contribution in [0.3, 0.4) is 0 Å². The van der Waals surface area contributed by atoms with E-state index in [0.717, 1.165) is 33.6 Å². The van der Waals surface area contributed by atoms with Gasteiger partial charge in [0.1, 0.15) is 5.75 Å². The van der Waals surface area contributed by atoms with Gasteiger partial charge in [0.05, 0.1) is 17.3 Å². The molecule has 7 heteroatoms. The number of benzene rings is 2. The van der Waals surface area contributed by atoms with Crippen molar-refractivity contribution in [3.8, 4) is 5.75 Å². The molecule has 0 saturated carbocycles. The molecule has 1 aromatic heterocycles. The van der Waals surface area contributed by atoms with Crippen LogP contribution in [-0.4, -0.2) is 50.1 Å². The standard InChI is InChI=1S/C21H25N3O2S.ClH/c1-14-10-15(2)12-16(11-14)20(25)24(9-8-23(3)4)21-22-18-7-6-17(26-5)13-19(18)27-21;/h6-7,10-13H,8-9H2,1-5H3;1H. The molecule has 0 saturated heterocycles. The van der Waals surface area contributed by atoms with E-state index in [1.165, 1.54) is 11.3 Å². The van der Waals surface area contributed by atoms with Gasteiger partial charge < -0.3 is 9.64 Å². The lowest BCUT2D eigenvalue weighted by molar-refractivity contribution is 0.0985. The summed E-state index contributed by atoms with van der Waals surface area (Å²) in [5.41, 5.74) is 3.74. The largest absolute Gasteiger partial charge is 0.497 e. The number of carbonyl (C=O) groups is 1. The minimum absolute atomic E-state index is 0. The molecule has 0 atom stereocenters. The Kier molecular flexibility index (Phi) is 7.41. The number of aromatic nitrogens is 1. The molecule has 0 aliphatic rings. The number of nitrogens with zero attached hydrogens (tertiary/aromatic N) is 3. The maximum atomic E-state index is 13.3. The first kappa shape index (κ1) is 22.1. The van der Waals surface area contributed by atoms with Gasteiger partial charge in [-0.15, -0.1) is 12.4 Å². The Labute approximate surface area is 176 Å². The van der Waals surface area contributed by atoms with Crippen LogP contribution in [0.2, 0.25) is 0 Å². The first-order chi connectivity index (χ1) is 12.9. The summed E-state index contributed by atoms with van der Waals surface area (Å²) in [5, 5.41) is 0.712. The van der Waals surface area contributed by atoms with Crippen molar-refractivity contribution in [1.82, 2.24) is 9.88 Å². The Balaban J connectivity index is 0.00000280. The number of rotatable bonds is 6. The Bertz CT molecular complexity index is 951. The van der Waals surface area contributed by atoms with Crippen molar-refractivity contribution in [1.29, 1.82) is 0 Å². The van der Waals surface area contributed by atoms with Crippen LogP contribution in [0.25, 0.3) is 10.2 Å². The summed E-state index contributed by atoms with van der Waals surface area (Å²) in [6.07, 6.45) is 0. The van der Waals surface area contributed by atoms with Gasteiger partial charge in [0.2, 0.25) is 0 Å². The number of thiazole rings is 1. The first-order valence-corrected chi connectivity index (χ1v) is 9.68. The number of likely N-dealkylation sites (N-methyl/N-ethyl adjacent to an activating group) is 1. The lowest BCUT2D eigenvalue weighted by atomic mass is 10.1. The monoisotopic (exact) mass is 419 g/mol. The summed E-state index contributed by atoms with van der Waals surface area (Å²) < 4.78 is 6.31. The Morgan fingerprint density at radius 3 is 2.36 bits per heavy atom. The van der Waals surface area contributed by atoms with Crippen LogP contribution in [0, 0.1) is 13.8 Å². The normalized spacial score (nSPS) is 10.8. The third kappa shape index (κ3) is 5.01. The van der Waals surface area contributed by atoms with Crippen molar-refractivity contribution in [2.45, 2.75) is 13.8 Å². The maximum Gasteiger partial charge on any atom is 0.260 e. The zero-order valence-electron chi connectivity index (χ0n) is 16.9. The number of hydrogen-bond acceptors (Lipinski definition) is 5. The second-order valence-corrected chi connectivity index (χ2v) is 7.98. The molecule has 0 spiro atoms. The molecule has 28 heavy (non-hydrogen) atoms. The molecule has 1 amide bonds. The van der Waals surface area contributed by atoms with Crippen molar-refractivity contribution >= 4 is 45.0 Å². The van der Waals surface area contributed by atoms with Gasteiger partial charge in [0.25, 0.3) is 5.91 Å². The van der Waals surface area contributed by atoms with E-state index in [-0.39, 0.29) is 18.3 Å². The summed E-state index contributed by atoms with van der Waals surface area (Å²) >= 11 is 1.51. The van der Waals surface area contributed by atoms with Crippen molar-refractivity contribution in [2.24, 2.45) is 0 Å². The van der Waals surface area contributed by atoms with Gasteiger partial charge in [-0.1, -0.05) is 28.5 Å². The van der Waals surface area contributed by atoms with Crippen molar-refractivity contribution in [3.05, 3.63) is 53.1 Å². The highest BCUT2D eigenvalue weighted by molar-refractivity contribution is 7.22. The molecular formula is C21H26ClN3O2S. The second kappa shape index (κ2) is 9.37. The number of carbonyl (C=O) groups excluding carboxylic acids is 1. The molecule has 0 bridgehead atoms. The fourth-order valence-electron chi connectivity index (χ4n) is 2.97. The third-order valence-electron chi connectivity index (χ3n) is 4.30. The summed E-state index contributed by atoms with van der Waals surface area (Å²) in [6.45, 7) is 5.36. The number of fused-ring (bicyclic) bond motifs is 1. The Hall–Kier alpha value is -2.15. The average Bonchev–Trinajstić information content (AvgIpc) is 3.03. The molecule has 0 aliphatic heterocycles. The van der Waals surface area contributed by atoms with Crippen LogP contribution >= 0.6 is 23.7 Å². The molecular weight excluding hydrogens is 394 g/mol. The number of hydrogen-bond donors (Lipinski definition) is 0. The van der Waals surface area contributed by atoms with Gasteiger partial charge >= 0.3 is 0 Å². The molecule has 0 N–H and O–H groups in total. The van der Waals surface area contributed by atoms with E-state index < -0.39 is 0 Å². The van der Waals surface area contributed by atoms with Crippen molar-refractivity contribution < 1.29 is 9.53 Å². The molecule has 3 aromatic rings. The number of halogens is 1. The zero-order chi connectivity index (χ0) is 19.6. The smallest absolute Gasteiger partial charge is 0.260 e. The van der Waals surface area contributed by atoms with E-state index in [2.05, 4.69) is 11.0 Å². The van der Waals surface area contributed by atoms with Gasteiger partial charge in [0.15, 0.2) is 5.13 Å². The molecule has 150 valence electrons. The number of aryl methyl sites for hydroxylation is 2. The second-order valence-electron chi connectivity index (χ2n) is 6.97. The van der Waals surface area contributed by atoms with E-state index in [1.807, 2.05) is 58.3 Å². The fourth-order valence-corrected chi connectivity index (χ4v) is 3.99. The van der Waals surface area contributed by atoms with Gasteiger partial charge in [-0.25, -0.2) is 4.98 Å². The predicted molar refractivity (Wildman–Crippen MR) is 120 cm³/mol. The number of methoxy groups -OCH3 is 1. The van der Waals surface area contributed by atoms with Gasteiger partial charge in [-0.3, -0.25) is 9.69 Å². The topological polar surface area (TPSA) is 45.7 Å². The van der Waals surface area contributed by atoms with E-state index in [0.29, 0.717) is 17.2 Å². The zero-order valence-corrected chi connectivity index (χ0v) is 18.5. The minimum Gasteiger partial charge on any atom is -0.497 e. The first-order valence-electron chi connectivity index (χ1n) is 8.87. The Morgan fingerprint density at radius 2 is 1.75 bits per heavy atom.